The SMILES string of the molecule is CC.[CH3-].[Y].c1ccc(CN2CCN(c3ccccc3)CC2)cc1. The van der Waals surface area contributed by atoms with E-state index in [-0.39, 0.29) is 40.1 Å². The van der Waals surface area contributed by atoms with Gasteiger partial charge in [0.25, 0.3) is 0 Å². The number of hydrogen-bond acceptors (Lipinski definition) is 2. The van der Waals surface area contributed by atoms with Crippen LogP contribution < -0.4 is 4.90 Å². The minimum absolute atomic E-state index is 0. The van der Waals surface area contributed by atoms with Crippen LogP contribution in [0.5, 0.6) is 0 Å². The van der Waals surface area contributed by atoms with Crippen LogP contribution in [0, 0.1) is 7.43 Å². The first-order chi connectivity index (χ1) is 10.4. The first kappa shape index (κ1) is 22.3. The number of nitrogens with zero attached hydrogens (tertiary/aromatic N) is 2. The third kappa shape index (κ3) is 7.16. The van der Waals surface area contributed by atoms with E-state index in [1.54, 1.807) is 0 Å². The van der Waals surface area contributed by atoms with Crippen molar-refractivity contribution >= 4 is 5.69 Å². The summed E-state index contributed by atoms with van der Waals surface area (Å²) in [6.07, 6.45) is 0. The molecule has 123 valence electrons. The monoisotopic (exact) mass is 386 g/mol. The molecule has 0 amide bonds. The summed E-state index contributed by atoms with van der Waals surface area (Å²) in [5.41, 5.74) is 2.76. The van der Waals surface area contributed by atoms with Crippen molar-refractivity contribution in [2.45, 2.75) is 20.4 Å². The van der Waals surface area contributed by atoms with Crippen LogP contribution in [0.4, 0.5) is 5.69 Å². The fourth-order valence-electron chi connectivity index (χ4n) is 2.64. The van der Waals surface area contributed by atoms with Gasteiger partial charge in [0.05, 0.1) is 0 Å². The standard InChI is InChI=1S/C17H20N2.C2H6.CH3.Y/c1-3-7-16(8-4-1)15-18-11-13-19(14-12-18)17-9-5-2-6-10-17;1-2;;/h1-10H,11-15H2;1-2H3;1H3;/q;;-1;. The van der Waals surface area contributed by atoms with E-state index in [9.17, 15) is 0 Å². The molecule has 0 saturated carbocycles. The zero-order valence-corrected chi connectivity index (χ0v) is 17.6. The molecule has 2 aromatic rings. The molecule has 0 atom stereocenters. The summed E-state index contributed by atoms with van der Waals surface area (Å²) in [4.78, 5) is 5.01. The van der Waals surface area contributed by atoms with Crippen LogP contribution in [-0.2, 0) is 39.3 Å². The Morgan fingerprint density at radius 2 is 1.22 bits per heavy atom. The summed E-state index contributed by atoms with van der Waals surface area (Å²) >= 11 is 0. The van der Waals surface area contributed by atoms with Crippen molar-refractivity contribution < 1.29 is 32.7 Å². The van der Waals surface area contributed by atoms with Gasteiger partial charge < -0.3 is 12.3 Å². The van der Waals surface area contributed by atoms with Crippen LogP contribution in [0.3, 0.4) is 0 Å². The maximum absolute atomic E-state index is 2.54. The molecule has 2 aromatic carbocycles. The molecule has 2 nitrogen and oxygen atoms in total. The minimum Gasteiger partial charge on any atom is -0.369 e. The summed E-state index contributed by atoms with van der Waals surface area (Å²) in [6, 6.07) is 21.5. The summed E-state index contributed by atoms with van der Waals surface area (Å²) in [7, 11) is 0. The van der Waals surface area contributed by atoms with E-state index in [0.29, 0.717) is 0 Å². The second kappa shape index (κ2) is 12.7. The van der Waals surface area contributed by atoms with Crippen molar-refractivity contribution in [3.8, 4) is 0 Å². The Morgan fingerprint density at radius 1 is 0.739 bits per heavy atom. The van der Waals surface area contributed by atoms with Gasteiger partial charge in [-0.25, -0.2) is 0 Å². The van der Waals surface area contributed by atoms with Crippen molar-refractivity contribution in [1.82, 2.24) is 4.90 Å². The molecule has 0 aromatic heterocycles. The van der Waals surface area contributed by atoms with Crippen molar-refractivity contribution in [1.29, 1.82) is 0 Å². The maximum atomic E-state index is 2.54. The van der Waals surface area contributed by atoms with Crippen molar-refractivity contribution in [3.05, 3.63) is 73.7 Å². The molecular formula is C20H29N2Y-. The molecule has 0 bridgehead atoms. The van der Waals surface area contributed by atoms with Crippen molar-refractivity contribution in [2.24, 2.45) is 0 Å². The molecule has 1 fully saturated rings. The second-order valence-corrected chi connectivity index (χ2v) is 5.08. The Labute approximate surface area is 167 Å². The summed E-state index contributed by atoms with van der Waals surface area (Å²) in [5.74, 6) is 0. The largest absolute Gasteiger partial charge is 0.369 e. The fraction of sp³-hybridized carbons (Fsp3) is 0.350. The van der Waals surface area contributed by atoms with Crippen LogP contribution in [0.25, 0.3) is 0 Å². The van der Waals surface area contributed by atoms with E-state index < -0.39 is 0 Å². The Kier molecular flexibility index (Phi) is 12.3. The van der Waals surface area contributed by atoms with Crippen molar-refractivity contribution in [2.75, 3.05) is 31.1 Å². The molecule has 3 rings (SSSR count). The molecule has 1 saturated heterocycles. The van der Waals surface area contributed by atoms with E-state index in [1.807, 2.05) is 13.8 Å². The third-order valence-corrected chi connectivity index (χ3v) is 3.74. The van der Waals surface area contributed by atoms with Crippen LogP contribution in [0.15, 0.2) is 60.7 Å². The molecule has 1 aliphatic heterocycles. The zero-order valence-electron chi connectivity index (χ0n) is 14.8. The predicted molar refractivity (Wildman–Crippen MR) is 98.1 cm³/mol. The Balaban J connectivity index is 0.00000117. The molecular weight excluding hydrogens is 357 g/mol. The van der Waals surface area contributed by atoms with Crippen LogP contribution in [0.2, 0.25) is 0 Å². The van der Waals surface area contributed by atoms with Gasteiger partial charge in [-0.15, -0.1) is 0 Å². The molecule has 3 heteroatoms. The quantitative estimate of drug-likeness (QED) is 0.718. The average molecular weight is 386 g/mol. The normalized spacial score (nSPS) is 13.9. The van der Waals surface area contributed by atoms with Gasteiger partial charge in [-0.1, -0.05) is 62.4 Å². The van der Waals surface area contributed by atoms with E-state index in [0.717, 1.165) is 32.7 Å². The molecule has 0 spiro atoms. The number of benzene rings is 2. The molecule has 1 aliphatic rings. The second-order valence-electron chi connectivity index (χ2n) is 5.08. The molecule has 0 aliphatic carbocycles. The first-order valence-corrected chi connectivity index (χ1v) is 7.98. The number of hydrogen-bond donors (Lipinski definition) is 0. The average Bonchev–Trinajstić information content (AvgIpc) is 2.59. The van der Waals surface area contributed by atoms with Gasteiger partial charge in [0.2, 0.25) is 0 Å². The predicted octanol–water partition coefficient (Wildman–Crippen LogP) is 4.48. The fourth-order valence-corrected chi connectivity index (χ4v) is 2.64. The van der Waals surface area contributed by atoms with Gasteiger partial charge in [0.15, 0.2) is 0 Å². The van der Waals surface area contributed by atoms with E-state index >= 15 is 0 Å². The van der Waals surface area contributed by atoms with Crippen molar-refractivity contribution in [3.63, 3.8) is 0 Å². The number of anilines is 1. The number of rotatable bonds is 3. The van der Waals surface area contributed by atoms with Gasteiger partial charge in [-0.3, -0.25) is 4.90 Å². The Morgan fingerprint density at radius 3 is 1.74 bits per heavy atom. The van der Waals surface area contributed by atoms with Crippen LogP contribution in [-0.4, -0.2) is 31.1 Å². The molecule has 0 N–H and O–H groups in total. The summed E-state index contributed by atoms with van der Waals surface area (Å²) in [6.45, 7) is 9.60. The molecule has 23 heavy (non-hydrogen) atoms. The molecule has 1 radical (unpaired) electrons. The van der Waals surface area contributed by atoms with Gasteiger partial charge in [-0.05, 0) is 17.7 Å². The van der Waals surface area contributed by atoms with E-state index in [1.165, 1.54) is 11.3 Å². The summed E-state index contributed by atoms with van der Waals surface area (Å²) in [5, 5.41) is 0. The zero-order chi connectivity index (χ0) is 14.9. The van der Waals surface area contributed by atoms with Gasteiger partial charge in [0, 0.05) is 71.1 Å². The number of para-hydroxylation sites is 1. The van der Waals surface area contributed by atoms with Gasteiger partial charge in [0.1, 0.15) is 0 Å². The minimum atomic E-state index is 0. The van der Waals surface area contributed by atoms with E-state index in [4.69, 9.17) is 0 Å². The third-order valence-electron chi connectivity index (χ3n) is 3.74. The first-order valence-electron chi connectivity index (χ1n) is 7.98. The maximum Gasteiger partial charge on any atom is 0.0367 e. The molecule has 0 unspecified atom stereocenters. The smallest absolute Gasteiger partial charge is 0.0367 e. The topological polar surface area (TPSA) is 6.48 Å². The summed E-state index contributed by atoms with van der Waals surface area (Å²) < 4.78 is 0. The van der Waals surface area contributed by atoms with Crippen LogP contribution >= 0.6 is 0 Å². The Bertz CT molecular complexity index is 494. The van der Waals surface area contributed by atoms with Gasteiger partial charge >= 0.3 is 0 Å². The van der Waals surface area contributed by atoms with Crippen LogP contribution in [0.1, 0.15) is 19.4 Å². The number of piperazine rings is 1. The van der Waals surface area contributed by atoms with E-state index in [2.05, 4.69) is 70.5 Å². The van der Waals surface area contributed by atoms with Gasteiger partial charge in [-0.2, -0.15) is 0 Å². The molecule has 1 heterocycles. The Hall–Kier alpha value is -0.696.